The van der Waals surface area contributed by atoms with Crippen LogP contribution in [-0.4, -0.2) is 26.9 Å². The highest BCUT2D eigenvalue weighted by molar-refractivity contribution is 7.10. The number of aromatic nitrogens is 2. The molecular weight excluding hydrogens is 270 g/mol. The Hall–Kier alpha value is -1.62. The zero-order chi connectivity index (χ0) is 14.1. The Morgan fingerprint density at radius 3 is 3.05 bits per heavy atom. The lowest BCUT2D eigenvalue weighted by Crippen LogP contribution is -2.32. The average molecular weight is 289 g/mol. The van der Waals surface area contributed by atoms with Crippen molar-refractivity contribution >= 4 is 17.2 Å². The van der Waals surface area contributed by atoms with E-state index in [1.54, 1.807) is 11.3 Å². The van der Waals surface area contributed by atoms with E-state index in [0.29, 0.717) is 6.42 Å². The van der Waals surface area contributed by atoms with Gasteiger partial charge in [-0.1, -0.05) is 6.07 Å². The molecule has 20 heavy (non-hydrogen) atoms. The van der Waals surface area contributed by atoms with Crippen LogP contribution in [0, 0.1) is 6.92 Å². The van der Waals surface area contributed by atoms with Crippen LogP contribution in [0.2, 0.25) is 0 Å². The maximum Gasteiger partial charge on any atom is 0.228 e. The minimum Gasteiger partial charge on any atom is -0.336 e. The van der Waals surface area contributed by atoms with E-state index in [2.05, 4.69) is 9.55 Å². The molecule has 106 valence electrons. The third kappa shape index (κ3) is 2.50. The minimum atomic E-state index is 0.140. The van der Waals surface area contributed by atoms with Gasteiger partial charge in [-0.05, 0) is 31.2 Å². The first-order valence-electron chi connectivity index (χ1n) is 6.97. The van der Waals surface area contributed by atoms with Gasteiger partial charge < -0.3 is 9.47 Å². The zero-order valence-electron chi connectivity index (χ0n) is 11.9. The van der Waals surface area contributed by atoms with E-state index in [4.69, 9.17) is 0 Å². The summed E-state index contributed by atoms with van der Waals surface area (Å²) in [5.41, 5.74) is 1.01. The van der Waals surface area contributed by atoms with Gasteiger partial charge >= 0.3 is 0 Å². The van der Waals surface area contributed by atoms with E-state index in [1.807, 2.05) is 42.6 Å². The maximum absolute atomic E-state index is 12.5. The van der Waals surface area contributed by atoms with E-state index in [1.165, 1.54) is 0 Å². The van der Waals surface area contributed by atoms with Crippen LogP contribution in [0.1, 0.15) is 35.3 Å². The molecule has 2 aromatic heterocycles. The van der Waals surface area contributed by atoms with Crippen molar-refractivity contribution in [1.82, 2.24) is 14.5 Å². The van der Waals surface area contributed by atoms with Crippen LogP contribution in [-0.2, 0) is 18.3 Å². The van der Waals surface area contributed by atoms with Crippen LogP contribution in [0.5, 0.6) is 0 Å². The number of likely N-dealkylation sites (tertiary alicyclic amines) is 1. The second-order valence-electron chi connectivity index (χ2n) is 5.35. The number of aryl methyl sites for hydroxylation is 2. The van der Waals surface area contributed by atoms with Crippen LogP contribution < -0.4 is 0 Å². The van der Waals surface area contributed by atoms with Gasteiger partial charge in [0.15, 0.2) is 0 Å². The van der Waals surface area contributed by atoms with Crippen LogP contribution >= 0.6 is 11.3 Å². The SMILES string of the molecule is Cc1cn(C)c([C@H]2CCCN2C(=O)Cc2cccs2)n1. The summed E-state index contributed by atoms with van der Waals surface area (Å²) in [6, 6.07) is 4.16. The second-order valence-corrected chi connectivity index (χ2v) is 6.38. The Bertz CT molecular complexity index is 603. The van der Waals surface area contributed by atoms with Gasteiger partial charge in [-0.25, -0.2) is 4.98 Å². The fourth-order valence-electron chi connectivity index (χ4n) is 2.94. The number of hydrogen-bond donors (Lipinski definition) is 0. The lowest BCUT2D eigenvalue weighted by Gasteiger charge is -2.24. The predicted octanol–water partition coefficient (Wildman–Crippen LogP) is 2.70. The average Bonchev–Trinajstić information content (AvgIpc) is 3.09. The molecule has 3 heterocycles. The molecule has 1 aliphatic rings. The van der Waals surface area contributed by atoms with Crippen molar-refractivity contribution < 1.29 is 4.79 Å². The number of carbonyl (C=O) groups is 1. The number of amides is 1. The molecule has 0 aromatic carbocycles. The van der Waals surface area contributed by atoms with E-state index in [0.717, 1.165) is 35.8 Å². The lowest BCUT2D eigenvalue weighted by atomic mass is 10.2. The highest BCUT2D eigenvalue weighted by Gasteiger charge is 2.32. The van der Waals surface area contributed by atoms with Crippen LogP contribution in [0.25, 0.3) is 0 Å². The van der Waals surface area contributed by atoms with E-state index in [9.17, 15) is 4.79 Å². The molecule has 1 aliphatic heterocycles. The van der Waals surface area contributed by atoms with E-state index in [-0.39, 0.29) is 11.9 Å². The van der Waals surface area contributed by atoms with Gasteiger partial charge in [-0.2, -0.15) is 0 Å². The van der Waals surface area contributed by atoms with Crippen molar-refractivity contribution in [3.63, 3.8) is 0 Å². The monoisotopic (exact) mass is 289 g/mol. The van der Waals surface area contributed by atoms with Gasteiger partial charge in [-0.3, -0.25) is 4.79 Å². The van der Waals surface area contributed by atoms with Gasteiger partial charge in [0.25, 0.3) is 0 Å². The van der Waals surface area contributed by atoms with Crippen molar-refractivity contribution in [3.05, 3.63) is 40.1 Å². The summed E-state index contributed by atoms with van der Waals surface area (Å²) in [5.74, 6) is 1.23. The quantitative estimate of drug-likeness (QED) is 0.871. The number of nitrogens with zero attached hydrogens (tertiary/aromatic N) is 3. The van der Waals surface area contributed by atoms with Crippen LogP contribution in [0.15, 0.2) is 23.7 Å². The van der Waals surface area contributed by atoms with Crippen molar-refractivity contribution in [2.24, 2.45) is 7.05 Å². The van der Waals surface area contributed by atoms with Crippen molar-refractivity contribution in [2.75, 3.05) is 6.54 Å². The highest BCUT2D eigenvalue weighted by atomic mass is 32.1. The van der Waals surface area contributed by atoms with Crippen LogP contribution in [0.3, 0.4) is 0 Å². The summed E-state index contributed by atoms with van der Waals surface area (Å²) in [6.07, 6.45) is 4.61. The normalized spacial score (nSPS) is 18.7. The van der Waals surface area contributed by atoms with Crippen molar-refractivity contribution in [3.8, 4) is 0 Å². The van der Waals surface area contributed by atoms with Gasteiger partial charge in [0, 0.05) is 24.7 Å². The minimum absolute atomic E-state index is 0.140. The smallest absolute Gasteiger partial charge is 0.228 e. The molecule has 1 amide bonds. The molecule has 3 rings (SSSR count). The first-order chi connectivity index (χ1) is 9.65. The number of carbonyl (C=O) groups excluding carboxylic acids is 1. The molecule has 1 fully saturated rings. The molecule has 0 spiro atoms. The number of imidazole rings is 1. The molecule has 1 saturated heterocycles. The Morgan fingerprint density at radius 2 is 2.40 bits per heavy atom. The van der Waals surface area contributed by atoms with E-state index < -0.39 is 0 Å². The number of hydrogen-bond acceptors (Lipinski definition) is 3. The molecular formula is C15H19N3OS. The Labute approximate surface area is 123 Å². The first-order valence-corrected chi connectivity index (χ1v) is 7.85. The van der Waals surface area contributed by atoms with Gasteiger partial charge in [-0.15, -0.1) is 11.3 Å². The van der Waals surface area contributed by atoms with Crippen molar-refractivity contribution in [2.45, 2.75) is 32.2 Å². The maximum atomic E-state index is 12.5. The third-order valence-corrected chi connectivity index (χ3v) is 4.69. The number of thiophene rings is 1. The molecule has 4 nitrogen and oxygen atoms in total. The molecule has 0 unspecified atom stereocenters. The van der Waals surface area contributed by atoms with Crippen LogP contribution in [0.4, 0.5) is 0 Å². The lowest BCUT2D eigenvalue weighted by molar-refractivity contribution is -0.131. The molecule has 0 saturated carbocycles. The Kier molecular flexibility index (Phi) is 3.61. The summed E-state index contributed by atoms with van der Waals surface area (Å²) in [6.45, 7) is 2.84. The number of rotatable bonds is 3. The Morgan fingerprint density at radius 1 is 1.55 bits per heavy atom. The molecule has 1 atom stereocenters. The summed E-state index contributed by atoms with van der Waals surface area (Å²) < 4.78 is 2.05. The van der Waals surface area contributed by atoms with Gasteiger partial charge in [0.2, 0.25) is 5.91 Å². The highest BCUT2D eigenvalue weighted by Crippen LogP contribution is 2.31. The molecule has 5 heteroatoms. The largest absolute Gasteiger partial charge is 0.336 e. The predicted molar refractivity (Wildman–Crippen MR) is 79.7 cm³/mol. The topological polar surface area (TPSA) is 38.1 Å². The fourth-order valence-corrected chi connectivity index (χ4v) is 3.64. The van der Waals surface area contributed by atoms with Crippen molar-refractivity contribution in [1.29, 1.82) is 0 Å². The van der Waals surface area contributed by atoms with Gasteiger partial charge in [0.05, 0.1) is 18.2 Å². The molecule has 0 bridgehead atoms. The molecule has 2 aromatic rings. The molecule has 0 radical (unpaired) electrons. The second kappa shape index (κ2) is 5.40. The summed E-state index contributed by atoms with van der Waals surface area (Å²) in [4.78, 5) is 20.2. The molecule has 0 aliphatic carbocycles. The molecule has 0 N–H and O–H groups in total. The van der Waals surface area contributed by atoms with E-state index >= 15 is 0 Å². The summed E-state index contributed by atoms with van der Waals surface area (Å²) in [5, 5.41) is 2.02. The summed E-state index contributed by atoms with van der Waals surface area (Å²) in [7, 11) is 2.01. The first kappa shape index (κ1) is 13.4. The fraction of sp³-hybridized carbons (Fsp3) is 0.467. The Balaban J connectivity index is 1.78. The van der Waals surface area contributed by atoms with Gasteiger partial charge in [0.1, 0.15) is 5.82 Å². The summed E-state index contributed by atoms with van der Waals surface area (Å²) >= 11 is 1.65. The zero-order valence-corrected chi connectivity index (χ0v) is 12.7. The third-order valence-electron chi connectivity index (χ3n) is 3.81. The standard InChI is InChI=1S/C15H19N3OS/c1-11-10-17(2)15(16-11)13-6-3-7-18(13)14(19)9-12-5-4-8-20-12/h4-5,8,10,13H,3,6-7,9H2,1-2H3/t13-/m1/s1.